The fourth-order valence-electron chi connectivity index (χ4n) is 9.27. The molecule has 0 atom stereocenters. The van der Waals surface area contributed by atoms with Crippen LogP contribution in [0.25, 0.3) is 97.0 Å². The van der Waals surface area contributed by atoms with Crippen molar-refractivity contribution in [3.05, 3.63) is 176 Å². The monoisotopic (exact) mass is 643 g/mol. The predicted molar refractivity (Wildman–Crippen MR) is 221 cm³/mol. The lowest BCUT2D eigenvalue weighted by Crippen LogP contribution is -2.11. The summed E-state index contributed by atoms with van der Waals surface area (Å²) in [5.41, 5.74) is 3.51. The van der Waals surface area contributed by atoms with Crippen molar-refractivity contribution in [1.82, 2.24) is 0 Å². The van der Waals surface area contributed by atoms with Crippen LogP contribution in [0.3, 0.4) is 0 Å². The third-order valence-corrected chi connectivity index (χ3v) is 11.5. The summed E-state index contributed by atoms with van der Waals surface area (Å²) < 4.78 is 0. The maximum absolute atomic E-state index is 2.53. The summed E-state index contributed by atoms with van der Waals surface area (Å²) in [6.45, 7) is 0. The minimum absolute atomic E-state index is 1.15. The summed E-state index contributed by atoms with van der Waals surface area (Å²) in [4.78, 5) is 2.53. The number of hydrogen-bond donors (Lipinski definition) is 0. The quantitative estimate of drug-likeness (QED) is 0.173. The molecule has 0 saturated carbocycles. The zero-order chi connectivity index (χ0) is 33.2. The standard InChI is InChI=1S/C50H29N/c1-2-13-39-37(11-1)38-12-3-4-14-40(38)44-29-36(23-26-41(39)44)51(45-27-21-34-17-15-30-7-5-9-32-19-24-42(45)49(34)47(30)32)46-28-22-35-18-16-31-8-6-10-33-20-25-43(46)50(35)48(31)33/h1-29H. The first kappa shape index (κ1) is 27.2. The van der Waals surface area contributed by atoms with E-state index in [1.54, 1.807) is 0 Å². The van der Waals surface area contributed by atoms with E-state index in [4.69, 9.17) is 0 Å². The van der Waals surface area contributed by atoms with Gasteiger partial charge in [0.1, 0.15) is 0 Å². The Hall–Kier alpha value is -6.70. The molecule has 0 radical (unpaired) electrons. The van der Waals surface area contributed by atoms with Gasteiger partial charge >= 0.3 is 0 Å². The van der Waals surface area contributed by atoms with Crippen LogP contribution in [-0.4, -0.2) is 0 Å². The Bertz CT molecular complexity index is 3160. The second-order valence-electron chi connectivity index (χ2n) is 14.0. The topological polar surface area (TPSA) is 3.24 Å². The van der Waals surface area contributed by atoms with Gasteiger partial charge in [-0.05, 0) is 110 Å². The van der Waals surface area contributed by atoms with Crippen molar-refractivity contribution >= 4 is 114 Å². The van der Waals surface area contributed by atoms with Crippen molar-refractivity contribution in [3.63, 3.8) is 0 Å². The molecule has 12 rings (SSSR count). The molecule has 1 heteroatoms. The summed E-state index contributed by atoms with van der Waals surface area (Å²) in [5.74, 6) is 0. The third-order valence-electron chi connectivity index (χ3n) is 11.5. The van der Waals surface area contributed by atoms with E-state index in [1.165, 1.54) is 108 Å². The van der Waals surface area contributed by atoms with Crippen LogP contribution in [0.5, 0.6) is 0 Å². The van der Waals surface area contributed by atoms with E-state index in [0.29, 0.717) is 0 Å². The highest BCUT2D eigenvalue weighted by Crippen LogP contribution is 2.48. The van der Waals surface area contributed by atoms with Gasteiger partial charge in [0.2, 0.25) is 0 Å². The van der Waals surface area contributed by atoms with E-state index in [2.05, 4.69) is 181 Å². The summed E-state index contributed by atoms with van der Waals surface area (Å²) >= 11 is 0. The van der Waals surface area contributed by atoms with Crippen molar-refractivity contribution in [2.24, 2.45) is 0 Å². The molecular weight excluding hydrogens is 615 g/mol. The van der Waals surface area contributed by atoms with E-state index in [0.717, 1.165) is 5.69 Å². The first-order valence-corrected chi connectivity index (χ1v) is 17.8. The Morgan fingerprint density at radius 2 is 0.588 bits per heavy atom. The highest BCUT2D eigenvalue weighted by Gasteiger charge is 2.22. The highest BCUT2D eigenvalue weighted by atomic mass is 15.1. The molecule has 0 fully saturated rings. The first-order valence-electron chi connectivity index (χ1n) is 17.8. The SMILES string of the molecule is c1cc2ccc3ccc(N(c4ccc5c6ccccc6c6ccccc6c5c4)c4ccc5ccc6cccc7ccc4c5c67)c4ccc(c1)c2c34. The van der Waals surface area contributed by atoms with Gasteiger partial charge in [-0.1, -0.05) is 152 Å². The molecule has 12 aromatic rings. The third kappa shape index (κ3) is 3.65. The highest BCUT2D eigenvalue weighted by molar-refractivity contribution is 6.29. The smallest absolute Gasteiger partial charge is 0.0540 e. The Morgan fingerprint density at radius 1 is 0.235 bits per heavy atom. The Kier molecular flexibility index (Phi) is 5.29. The van der Waals surface area contributed by atoms with Crippen LogP contribution in [0.2, 0.25) is 0 Å². The second-order valence-corrected chi connectivity index (χ2v) is 14.0. The summed E-state index contributed by atoms with van der Waals surface area (Å²) in [6.07, 6.45) is 0. The Balaban J connectivity index is 1.23. The number of hydrogen-bond acceptors (Lipinski definition) is 1. The van der Waals surface area contributed by atoms with E-state index < -0.39 is 0 Å². The summed E-state index contributed by atoms with van der Waals surface area (Å²) in [7, 11) is 0. The average Bonchev–Trinajstić information content (AvgIpc) is 3.20. The van der Waals surface area contributed by atoms with Crippen molar-refractivity contribution in [3.8, 4) is 0 Å². The lowest BCUT2D eigenvalue weighted by Gasteiger charge is -2.30. The molecule has 0 aliphatic rings. The van der Waals surface area contributed by atoms with E-state index in [9.17, 15) is 0 Å². The zero-order valence-electron chi connectivity index (χ0n) is 27.7. The molecule has 0 spiro atoms. The molecule has 0 unspecified atom stereocenters. The minimum Gasteiger partial charge on any atom is -0.309 e. The number of anilines is 3. The van der Waals surface area contributed by atoms with Crippen LogP contribution < -0.4 is 4.90 Å². The largest absolute Gasteiger partial charge is 0.309 e. The molecular formula is C50H29N. The van der Waals surface area contributed by atoms with Gasteiger partial charge in [-0.2, -0.15) is 0 Å². The summed E-state index contributed by atoms with van der Waals surface area (Å²) in [5, 5.41) is 23.2. The van der Waals surface area contributed by atoms with Crippen LogP contribution in [0.4, 0.5) is 17.1 Å². The van der Waals surface area contributed by atoms with E-state index in [1.807, 2.05) is 0 Å². The molecule has 0 aromatic heterocycles. The molecule has 234 valence electrons. The van der Waals surface area contributed by atoms with Crippen LogP contribution in [-0.2, 0) is 0 Å². The Labute approximate surface area is 293 Å². The zero-order valence-corrected chi connectivity index (χ0v) is 27.7. The molecule has 0 saturated heterocycles. The van der Waals surface area contributed by atoms with Crippen molar-refractivity contribution in [2.45, 2.75) is 0 Å². The van der Waals surface area contributed by atoms with Crippen LogP contribution >= 0.6 is 0 Å². The number of benzene rings is 12. The van der Waals surface area contributed by atoms with Crippen LogP contribution in [0.15, 0.2) is 176 Å². The van der Waals surface area contributed by atoms with Gasteiger partial charge < -0.3 is 4.90 Å². The Morgan fingerprint density at radius 3 is 1.06 bits per heavy atom. The van der Waals surface area contributed by atoms with Gasteiger partial charge in [-0.3, -0.25) is 0 Å². The lowest BCUT2D eigenvalue weighted by atomic mass is 9.91. The molecule has 0 amide bonds. The number of nitrogens with zero attached hydrogens (tertiary/aromatic N) is 1. The molecule has 1 nitrogen and oxygen atoms in total. The van der Waals surface area contributed by atoms with Gasteiger partial charge in [-0.25, -0.2) is 0 Å². The molecule has 0 bridgehead atoms. The summed E-state index contributed by atoms with van der Waals surface area (Å²) in [6, 6.07) is 65.8. The van der Waals surface area contributed by atoms with Crippen molar-refractivity contribution in [1.29, 1.82) is 0 Å². The lowest BCUT2D eigenvalue weighted by molar-refractivity contribution is 1.32. The van der Waals surface area contributed by atoms with Crippen LogP contribution in [0.1, 0.15) is 0 Å². The fourth-order valence-corrected chi connectivity index (χ4v) is 9.27. The number of rotatable bonds is 3. The minimum atomic E-state index is 1.15. The average molecular weight is 644 g/mol. The maximum atomic E-state index is 2.53. The van der Waals surface area contributed by atoms with Crippen molar-refractivity contribution < 1.29 is 0 Å². The molecule has 0 aliphatic carbocycles. The maximum Gasteiger partial charge on any atom is 0.0540 e. The molecule has 51 heavy (non-hydrogen) atoms. The van der Waals surface area contributed by atoms with Gasteiger partial charge in [-0.15, -0.1) is 0 Å². The van der Waals surface area contributed by atoms with E-state index >= 15 is 0 Å². The molecule has 12 aromatic carbocycles. The van der Waals surface area contributed by atoms with E-state index in [-0.39, 0.29) is 0 Å². The van der Waals surface area contributed by atoms with Gasteiger partial charge in [0.05, 0.1) is 11.4 Å². The van der Waals surface area contributed by atoms with Crippen LogP contribution in [0, 0.1) is 0 Å². The second kappa shape index (κ2) is 9.94. The van der Waals surface area contributed by atoms with Gasteiger partial charge in [0.25, 0.3) is 0 Å². The van der Waals surface area contributed by atoms with Crippen molar-refractivity contribution in [2.75, 3.05) is 4.90 Å². The normalized spacial score (nSPS) is 12.3. The predicted octanol–water partition coefficient (Wildman–Crippen LogP) is 14.4. The molecule has 0 aliphatic heterocycles. The molecule has 0 N–H and O–H groups in total. The fraction of sp³-hybridized carbons (Fsp3) is 0. The first-order chi connectivity index (χ1) is 25.3. The van der Waals surface area contributed by atoms with Gasteiger partial charge in [0, 0.05) is 16.5 Å². The number of fused-ring (bicyclic) bond motifs is 6. The van der Waals surface area contributed by atoms with Gasteiger partial charge in [0.15, 0.2) is 0 Å². The molecule has 0 heterocycles.